The van der Waals surface area contributed by atoms with Crippen LogP contribution in [0.4, 0.5) is 16.2 Å². The largest absolute Gasteiger partial charge is 0.481 e. The maximum absolute atomic E-state index is 12.1. The van der Waals surface area contributed by atoms with E-state index in [4.69, 9.17) is 10.2 Å². The van der Waals surface area contributed by atoms with Gasteiger partial charge in [0.05, 0.1) is 17.1 Å². The molecule has 6 N–H and O–H groups in total. The SMILES string of the molecule is CC(=O)Nc1ccc(S(N)(=O)=O)cc1.O=C(O)CCc1ccc(-c2cccc(NC(=O)NCc3ccccn3)c2)cc1. The highest BCUT2D eigenvalue weighted by Crippen LogP contribution is 2.23. The zero-order valence-corrected chi connectivity index (χ0v) is 23.6. The van der Waals surface area contributed by atoms with E-state index in [9.17, 15) is 22.8 Å². The van der Waals surface area contributed by atoms with E-state index >= 15 is 0 Å². The lowest BCUT2D eigenvalue weighted by molar-refractivity contribution is -0.137. The van der Waals surface area contributed by atoms with E-state index in [2.05, 4.69) is 20.9 Å². The predicted octanol–water partition coefficient (Wildman–Crippen LogP) is 4.38. The Labute approximate surface area is 243 Å². The second-order valence-electron chi connectivity index (χ2n) is 9.05. The third-order valence-corrected chi connectivity index (χ3v) is 6.62. The number of carbonyl (C=O) groups excluding carboxylic acids is 2. The Morgan fingerprint density at radius 3 is 2.14 bits per heavy atom. The third-order valence-electron chi connectivity index (χ3n) is 5.69. The molecule has 0 fully saturated rings. The molecule has 0 radical (unpaired) electrons. The first kappa shape index (κ1) is 31.5. The normalized spacial score (nSPS) is 10.5. The number of nitrogens with zero attached hydrogens (tertiary/aromatic N) is 1. The number of carboxylic acids is 1. The molecule has 12 heteroatoms. The summed E-state index contributed by atoms with van der Waals surface area (Å²) >= 11 is 0. The summed E-state index contributed by atoms with van der Waals surface area (Å²) < 4.78 is 21.7. The number of aromatic nitrogens is 1. The van der Waals surface area contributed by atoms with Crippen molar-refractivity contribution >= 4 is 39.3 Å². The minimum atomic E-state index is -3.66. The molecule has 1 aromatic heterocycles. The second kappa shape index (κ2) is 15.1. The van der Waals surface area contributed by atoms with Gasteiger partial charge in [0.2, 0.25) is 15.9 Å². The van der Waals surface area contributed by atoms with Crippen molar-refractivity contribution in [3.05, 3.63) is 108 Å². The summed E-state index contributed by atoms with van der Waals surface area (Å²) in [5, 5.41) is 21.8. The number of carboxylic acid groups (broad SMARTS) is 1. The van der Waals surface area contributed by atoms with Gasteiger partial charge in [-0.1, -0.05) is 42.5 Å². The van der Waals surface area contributed by atoms with Crippen LogP contribution in [0.15, 0.2) is 102 Å². The number of nitrogens with two attached hydrogens (primary N) is 1. The van der Waals surface area contributed by atoms with Crippen LogP contribution in [-0.2, 0) is 32.6 Å². The highest BCUT2D eigenvalue weighted by Gasteiger charge is 2.07. The first-order chi connectivity index (χ1) is 20.0. The van der Waals surface area contributed by atoms with Crippen molar-refractivity contribution in [2.24, 2.45) is 5.14 Å². The van der Waals surface area contributed by atoms with Crippen molar-refractivity contribution in [3.63, 3.8) is 0 Å². The van der Waals surface area contributed by atoms with E-state index in [0.717, 1.165) is 22.4 Å². The first-order valence-electron chi connectivity index (χ1n) is 12.8. The number of hydrogen-bond acceptors (Lipinski definition) is 6. The molecule has 218 valence electrons. The van der Waals surface area contributed by atoms with Crippen LogP contribution in [-0.4, -0.2) is 36.4 Å². The number of sulfonamides is 1. The summed E-state index contributed by atoms with van der Waals surface area (Å²) in [5.41, 5.74) is 4.95. The van der Waals surface area contributed by atoms with Crippen molar-refractivity contribution in [2.75, 3.05) is 10.6 Å². The van der Waals surface area contributed by atoms with Crippen molar-refractivity contribution in [1.82, 2.24) is 10.3 Å². The number of carbonyl (C=O) groups is 3. The Balaban J connectivity index is 0.000000291. The second-order valence-corrected chi connectivity index (χ2v) is 10.6. The van der Waals surface area contributed by atoms with Crippen LogP contribution in [0.3, 0.4) is 0 Å². The lowest BCUT2D eigenvalue weighted by atomic mass is 10.0. The third kappa shape index (κ3) is 10.8. The number of benzene rings is 3. The van der Waals surface area contributed by atoms with Crippen molar-refractivity contribution in [2.45, 2.75) is 31.2 Å². The lowest BCUT2D eigenvalue weighted by Gasteiger charge is -2.09. The Kier molecular flexibility index (Phi) is 11.3. The van der Waals surface area contributed by atoms with Gasteiger partial charge in [-0.25, -0.2) is 18.4 Å². The zero-order valence-electron chi connectivity index (χ0n) is 22.8. The molecule has 4 rings (SSSR count). The summed E-state index contributed by atoms with van der Waals surface area (Å²) in [6.07, 6.45) is 2.31. The van der Waals surface area contributed by atoms with E-state index in [1.807, 2.05) is 66.7 Å². The highest BCUT2D eigenvalue weighted by atomic mass is 32.2. The molecule has 1 heterocycles. The Bertz CT molecular complexity index is 1610. The molecule has 3 aromatic carbocycles. The molecule has 0 aliphatic carbocycles. The van der Waals surface area contributed by atoms with Crippen LogP contribution in [0.2, 0.25) is 0 Å². The molecule has 0 aliphatic rings. The number of aryl methyl sites for hydroxylation is 1. The molecule has 11 nitrogen and oxygen atoms in total. The van der Waals surface area contributed by atoms with Crippen LogP contribution in [0.5, 0.6) is 0 Å². The van der Waals surface area contributed by atoms with E-state index in [-0.39, 0.29) is 23.3 Å². The number of amides is 3. The Morgan fingerprint density at radius 1 is 0.833 bits per heavy atom. The van der Waals surface area contributed by atoms with E-state index < -0.39 is 16.0 Å². The van der Waals surface area contributed by atoms with Gasteiger partial charge in [0, 0.05) is 30.9 Å². The van der Waals surface area contributed by atoms with Gasteiger partial charge in [0.25, 0.3) is 0 Å². The smallest absolute Gasteiger partial charge is 0.319 e. The Morgan fingerprint density at radius 2 is 1.55 bits per heavy atom. The number of rotatable bonds is 9. The summed E-state index contributed by atoms with van der Waals surface area (Å²) in [6, 6.07) is 26.2. The molecule has 0 unspecified atom stereocenters. The molecule has 0 bridgehead atoms. The van der Waals surface area contributed by atoms with Crippen LogP contribution in [0.1, 0.15) is 24.6 Å². The number of nitrogens with one attached hydrogen (secondary N) is 3. The van der Waals surface area contributed by atoms with Gasteiger partial charge in [-0.15, -0.1) is 0 Å². The van der Waals surface area contributed by atoms with E-state index in [1.165, 1.54) is 31.2 Å². The lowest BCUT2D eigenvalue weighted by Crippen LogP contribution is -2.28. The van der Waals surface area contributed by atoms with Gasteiger partial charge in [0.15, 0.2) is 0 Å². The minimum Gasteiger partial charge on any atom is -0.481 e. The van der Waals surface area contributed by atoms with Gasteiger partial charge >= 0.3 is 12.0 Å². The standard InChI is InChI=1S/C22H21N3O3.C8H10N2O3S/c26-21(27)12-9-16-7-10-17(11-8-16)18-4-3-6-19(14-18)25-22(28)24-15-20-5-1-2-13-23-20;1-6(11)10-7-2-4-8(5-3-7)14(9,12)13/h1-8,10-11,13-14H,9,12,15H2,(H,26,27)(H2,24,25,28);2-5H,1H3,(H,10,11)(H2,9,12,13). The maximum Gasteiger partial charge on any atom is 0.319 e. The molecular formula is C30H31N5O6S. The monoisotopic (exact) mass is 589 g/mol. The molecule has 3 amide bonds. The summed E-state index contributed by atoms with van der Waals surface area (Å²) in [7, 11) is -3.66. The molecule has 4 aromatic rings. The Hall–Kier alpha value is -5.07. The van der Waals surface area contributed by atoms with Crippen LogP contribution in [0, 0.1) is 0 Å². The van der Waals surface area contributed by atoms with E-state index in [0.29, 0.717) is 24.3 Å². The molecule has 0 aliphatic heterocycles. The quantitative estimate of drug-likeness (QED) is 0.192. The average molecular weight is 590 g/mol. The van der Waals surface area contributed by atoms with Crippen molar-refractivity contribution < 1.29 is 27.9 Å². The molecule has 0 spiro atoms. The van der Waals surface area contributed by atoms with Crippen molar-refractivity contribution in [3.8, 4) is 11.1 Å². The van der Waals surface area contributed by atoms with Gasteiger partial charge in [-0.05, 0) is 71.6 Å². The number of urea groups is 1. The number of pyridine rings is 1. The fraction of sp³-hybridized carbons (Fsp3) is 0.133. The molecular weight excluding hydrogens is 558 g/mol. The molecule has 0 atom stereocenters. The highest BCUT2D eigenvalue weighted by molar-refractivity contribution is 7.89. The number of hydrogen-bond donors (Lipinski definition) is 5. The fourth-order valence-electron chi connectivity index (χ4n) is 3.67. The van der Waals surface area contributed by atoms with Crippen LogP contribution in [0.25, 0.3) is 11.1 Å². The summed E-state index contributed by atoms with van der Waals surface area (Å²) in [6.45, 7) is 1.72. The van der Waals surface area contributed by atoms with Gasteiger partial charge in [0.1, 0.15) is 0 Å². The van der Waals surface area contributed by atoms with Gasteiger partial charge in [-0.3, -0.25) is 14.6 Å². The molecule has 0 saturated heterocycles. The topological polar surface area (TPSA) is 181 Å². The summed E-state index contributed by atoms with van der Waals surface area (Å²) in [5.74, 6) is -1.02. The fourth-order valence-corrected chi connectivity index (χ4v) is 4.19. The summed E-state index contributed by atoms with van der Waals surface area (Å²) in [4.78, 5) is 37.6. The van der Waals surface area contributed by atoms with Gasteiger partial charge < -0.3 is 21.1 Å². The first-order valence-corrected chi connectivity index (χ1v) is 14.3. The van der Waals surface area contributed by atoms with Crippen LogP contribution >= 0.6 is 0 Å². The number of aliphatic carboxylic acids is 1. The molecule has 0 saturated carbocycles. The molecule has 42 heavy (non-hydrogen) atoms. The minimum absolute atomic E-state index is 0.0200. The number of anilines is 2. The number of primary sulfonamides is 1. The van der Waals surface area contributed by atoms with E-state index in [1.54, 1.807) is 6.20 Å². The van der Waals surface area contributed by atoms with Crippen LogP contribution < -0.4 is 21.1 Å². The van der Waals surface area contributed by atoms with Crippen molar-refractivity contribution in [1.29, 1.82) is 0 Å². The maximum atomic E-state index is 12.1. The average Bonchev–Trinajstić information content (AvgIpc) is 2.96. The zero-order chi connectivity index (χ0) is 30.5. The van der Waals surface area contributed by atoms with Gasteiger partial charge in [-0.2, -0.15) is 0 Å². The predicted molar refractivity (Wildman–Crippen MR) is 160 cm³/mol.